The molecule has 1 aliphatic heterocycles. The summed E-state index contributed by atoms with van der Waals surface area (Å²) in [7, 11) is 1.50. The summed E-state index contributed by atoms with van der Waals surface area (Å²) in [4.78, 5) is 24.1. The molecule has 8 nitrogen and oxygen atoms in total. The van der Waals surface area contributed by atoms with Gasteiger partial charge in [0.05, 0.1) is 24.2 Å². The molecule has 0 bridgehead atoms. The number of nitro groups is 1. The highest BCUT2D eigenvalue weighted by Crippen LogP contribution is 2.30. The monoisotopic (exact) mass is 295 g/mol. The van der Waals surface area contributed by atoms with Crippen LogP contribution in [0.3, 0.4) is 0 Å². The number of hydrogen-bond acceptors (Lipinski definition) is 6. The summed E-state index contributed by atoms with van der Waals surface area (Å²) in [5.41, 5.74) is 0.647. The van der Waals surface area contributed by atoms with E-state index in [9.17, 15) is 14.9 Å². The van der Waals surface area contributed by atoms with Crippen molar-refractivity contribution in [3.05, 3.63) is 33.9 Å². The topological polar surface area (TPSA) is 105 Å². The van der Waals surface area contributed by atoms with Crippen LogP contribution in [0.5, 0.6) is 0 Å². The number of carbonyl (C=O) groups is 1. The molecule has 1 aromatic rings. The molecule has 2 rings (SSSR count). The molecule has 1 heterocycles. The van der Waals surface area contributed by atoms with Crippen molar-refractivity contribution in [1.29, 1.82) is 0 Å². The molecule has 0 aromatic heterocycles. The lowest BCUT2D eigenvalue weighted by Gasteiger charge is -2.33. The molecular weight excluding hydrogens is 278 g/mol. The Morgan fingerprint density at radius 3 is 3.00 bits per heavy atom. The molecule has 0 spiro atoms. The van der Waals surface area contributed by atoms with Crippen LogP contribution >= 0.6 is 0 Å². The minimum absolute atomic E-state index is 0.0683. The fourth-order valence-electron chi connectivity index (χ4n) is 2.27. The zero-order valence-electron chi connectivity index (χ0n) is 11.6. The van der Waals surface area contributed by atoms with Gasteiger partial charge < -0.3 is 20.1 Å². The predicted octanol–water partition coefficient (Wildman–Crippen LogP) is 0.152. The molecule has 8 heteroatoms. The number of benzene rings is 1. The van der Waals surface area contributed by atoms with Gasteiger partial charge in [0.25, 0.3) is 11.6 Å². The normalized spacial score (nSPS) is 18.4. The number of hydrogen-bond donors (Lipinski definition) is 2. The number of aliphatic hydroxyl groups is 1. The molecular formula is C13H17N3O5. The van der Waals surface area contributed by atoms with Crippen molar-refractivity contribution in [3.8, 4) is 0 Å². The van der Waals surface area contributed by atoms with Crippen LogP contribution in [0.15, 0.2) is 18.2 Å². The summed E-state index contributed by atoms with van der Waals surface area (Å²) in [6.45, 7) is 1.02. The Morgan fingerprint density at radius 1 is 1.62 bits per heavy atom. The third-order valence-electron chi connectivity index (χ3n) is 3.34. The average molecular weight is 295 g/mol. The van der Waals surface area contributed by atoms with Crippen molar-refractivity contribution in [1.82, 2.24) is 5.32 Å². The Kier molecular flexibility index (Phi) is 4.71. The van der Waals surface area contributed by atoms with Crippen molar-refractivity contribution in [2.45, 2.75) is 6.10 Å². The van der Waals surface area contributed by atoms with Crippen molar-refractivity contribution in [2.75, 3.05) is 38.3 Å². The zero-order chi connectivity index (χ0) is 15.4. The number of nitrogens with one attached hydrogen (secondary N) is 1. The average Bonchev–Trinajstić information content (AvgIpc) is 2.53. The molecule has 1 saturated heterocycles. The van der Waals surface area contributed by atoms with Crippen LogP contribution < -0.4 is 10.2 Å². The Bertz CT molecular complexity index is 549. The summed E-state index contributed by atoms with van der Waals surface area (Å²) >= 11 is 0. The largest absolute Gasteiger partial charge is 0.394 e. The molecule has 1 amide bonds. The van der Waals surface area contributed by atoms with Gasteiger partial charge in [-0.25, -0.2) is 0 Å². The Hall–Kier alpha value is -2.19. The predicted molar refractivity (Wildman–Crippen MR) is 75.5 cm³/mol. The lowest BCUT2D eigenvalue weighted by atomic mass is 10.1. The number of morpholine rings is 1. The maximum absolute atomic E-state index is 11.7. The fraction of sp³-hybridized carbons (Fsp3) is 0.462. The molecule has 0 aliphatic carbocycles. The minimum atomic E-state index is -0.480. The number of aliphatic hydroxyl groups excluding tert-OH is 1. The maximum Gasteiger partial charge on any atom is 0.292 e. The van der Waals surface area contributed by atoms with E-state index in [1.165, 1.54) is 25.2 Å². The van der Waals surface area contributed by atoms with E-state index in [0.717, 1.165) is 0 Å². The SMILES string of the molecule is CNC(=O)c1ccc([N+](=O)[O-])c(N2CCOC(CO)C2)c1. The standard InChI is InChI=1S/C13H17N3O5/c1-14-13(18)9-2-3-11(16(19)20)12(6-9)15-4-5-21-10(7-15)8-17/h2-3,6,10,17H,4-5,7-8H2,1H3,(H,14,18). The van der Waals surface area contributed by atoms with Gasteiger partial charge >= 0.3 is 0 Å². The van der Waals surface area contributed by atoms with Gasteiger partial charge in [-0.2, -0.15) is 0 Å². The number of amides is 1. The van der Waals surface area contributed by atoms with Crippen LogP contribution in [0.1, 0.15) is 10.4 Å². The smallest absolute Gasteiger partial charge is 0.292 e. The Labute approximate surface area is 121 Å². The van der Waals surface area contributed by atoms with E-state index in [2.05, 4.69) is 5.32 Å². The van der Waals surface area contributed by atoms with Gasteiger partial charge in [-0.15, -0.1) is 0 Å². The molecule has 0 saturated carbocycles. The first-order chi connectivity index (χ1) is 10.1. The van der Waals surface area contributed by atoms with Gasteiger partial charge in [-0.3, -0.25) is 14.9 Å². The highest BCUT2D eigenvalue weighted by Gasteiger charge is 2.26. The number of rotatable bonds is 4. The second kappa shape index (κ2) is 6.51. The van der Waals surface area contributed by atoms with E-state index in [4.69, 9.17) is 9.84 Å². The molecule has 0 radical (unpaired) electrons. The lowest BCUT2D eigenvalue weighted by Crippen LogP contribution is -2.44. The second-order valence-electron chi connectivity index (χ2n) is 4.66. The third kappa shape index (κ3) is 3.29. The Balaban J connectivity index is 2.38. The minimum Gasteiger partial charge on any atom is -0.394 e. The van der Waals surface area contributed by atoms with Crippen molar-refractivity contribution in [2.24, 2.45) is 0 Å². The molecule has 1 aliphatic rings. The summed E-state index contributed by atoms with van der Waals surface area (Å²) in [5.74, 6) is -0.307. The van der Waals surface area contributed by atoms with Crippen LogP contribution in [-0.4, -0.2) is 55.4 Å². The molecule has 1 fully saturated rings. The van der Waals surface area contributed by atoms with Gasteiger partial charge in [0, 0.05) is 31.8 Å². The zero-order valence-corrected chi connectivity index (χ0v) is 11.6. The van der Waals surface area contributed by atoms with Crippen LogP contribution in [0.2, 0.25) is 0 Å². The number of carbonyl (C=O) groups excluding carboxylic acids is 1. The highest BCUT2D eigenvalue weighted by molar-refractivity contribution is 5.95. The van der Waals surface area contributed by atoms with Crippen LogP contribution in [0, 0.1) is 10.1 Å². The van der Waals surface area contributed by atoms with Gasteiger partial charge in [0.15, 0.2) is 0 Å². The summed E-state index contributed by atoms with van der Waals surface area (Å²) in [6, 6.07) is 4.24. The first-order valence-corrected chi connectivity index (χ1v) is 6.54. The summed E-state index contributed by atoms with van der Waals surface area (Å²) in [5, 5.41) is 22.8. The van der Waals surface area contributed by atoms with Crippen molar-refractivity contribution >= 4 is 17.3 Å². The highest BCUT2D eigenvalue weighted by atomic mass is 16.6. The van der Waals surface area contributed by atoms with E-state index in [-0.39, 0.29) is 24.3 Å². The molecule has 21 heavy (non-hydrogen) atoms. The number of anilines is 1. The van der Waals surface area contributed by atoms with Crippen LogP contribution in [0.25, 0.3) is 0 Å². The van der Waals surface area contributed by atoms with Gasteiger partial charge in [0.2, 0.25) is 0 Å². The first-order valence-electron chi connectivity index (χ1n) is 6.54. The number of ether oxygens (including phenoxy) is 1. The molecule has 1 aromatic carbocycles. The third-order valence-corrected chi connectivity index (χ3v) is 3.34. The molecule has 114 valence electrons. The fourth-order valence-corrected chi connectivity index (χ4v) is 2.27. The molecule has 1 unspecified atom stereocenters. The van der Waals surface area contributed by atoms with Crippen molar-refractivity contribution in [3.63, 3.8) is 0 Å². The van der Waals surface area contributed by atoms with Crippen LogP contribution in [0.4, 0.5) is 11.4 Å². The summed E-state index contributed by atoms with van der Waals surface area (Å²) < 4.78 is 5.34. The summed E-state index contributed by atoms with van der Waals surface area (Å²) in [6.07, 6.45) is -0.387. The number of nitro benzene ring substituents is 1. The van der Waals surface area contributed by atoms with Gasteiger partial charge in [-0.05, 0) is 12.1 Å². The molecule has 2 N–H and O–H groups in total. The van der Waals surface area contributed by atoms with Gasteiger partial charge in [0.1, 0.15) is 5.69 Å². The second-order valence-corrected chi connectivity index (χ2v) is 4.66. The van der Waals surface area contributed by atoms with E-state index in [1.54, 1.807) is 4.90 Å². The van der Waals surface area contributed by atoms with E-state index in [1.807, 2.05) is 0 Å². The van der Waals surface area contributed by atoms with E-state index in [0.29, 0.717) is 30.9 Å². The quantitative estimate of drug-likeness (QED) is 0.605. The van der Waals surface area contributed by atoms with E-state index >= 15 is 0 Å². The maximum atomic E-state index is 11.7. The molecule has 1 atom stereocenters. The Morgan fingerprint density at radius 2 is 2.38 bits per heavy atom. The lowest BCUT2D eigenvalue weighted by molar-refractivity contribution is -0.384. The van der Waals surface area contributed by atoms with Gasteiger partial charge in [-0.1, -0.05) is 0 Å². The van der Waals surface area contributed by atoms with Crippen LogP contribution in [-0.2, 0) is 4.74 Å². The van der Waals surface area contributed by atoms with E-state index < -0.39 is 4.92 Å². The number of nitrogens with zero attached hydrogens (tertiary/aromatic N) is 2. The first kappa shape index (κ1) is 15.2. The van der Waals surface area contributed by atoms with Crippen molar-refractivity contribution < 1.29 is 19.6 Å².